The molecule has 0 aromatic carbocycles. The topological polar surface area (TPSA) is 147 Å². The van der Waals surface area contributed by atoms with Gasteiger partial charge in [0, 0.05) is 24.5 Å². The van der Waals surface area contributed by atoms with Crippen LogP contribution in [0.5, 0.6) is 5.75 Å². The Morgan fingerprint density at radius 1 is 0.788 bits per heavy atom. The molecule has 0 spiro atoms. The number of nitrogens with zero attached hydrogens (tertiary/aromatic N) is 3. The average molecular weight is 455 g/mol. The van der Waals surface area contributed by atoms with E-state index in [0.717, 1.165) is 0 Å². The maximum absolute atomic E-state index is 10.1. The fraction of sp³-hybridized carbons (Fsp3) is 0.348. The second-order valence-corrected chi connectivity index (χ2v) is 7.42. The molecule has 0 unspecified atom stereocenters. The summed E-state index contributed by atoms with van der Waals surface area (Å²) < 4.78 is 16.6. The zero-order chi connectivity index (χ0) is 23.2. The Morgan fingerprint density at radius 3 is 1.97 bits per heavy atom. The molecule has 1 saturated heterocycles. The van der Waals surface area contributed by atoms with Gasteiger partial charge in [0.25, 0.3) is 0 Å². The Bertz CT molecular complexity index is 965. The molecule has 0 saturated carbocycles. The van der Waals surface area contributed by atoms with E-state index in [-0.39, 0.29) is 13.2 Å². The van der Waals surface area contributed by atoms with Crippen LogP contribution in [-0.4, -0.2) is 85.9 Å². The molecule has 4 N–H and O–H groups in total. The van der Waals surface area contributed by atoms with Gasteiger partial charge < -0.3 is 34.6 Å². The molecule has 0 bridgehead atoms. The Labute approximate surface area is 190 Å². The van der Waals surface area contributed by atoms with Gasteiger partial charge in [-0.1, -0.05) is 12.1 Å². The average Bonchev–Trinajstić information content (AvgIpc) is 2.87. The first kappa shape index (κ1) is 23.2. The second-order valence-electron chi connectivity index (χ2n) is 7.42. The second kappa shape index (κ2) is 10.8. The van der Waals surface area contributed by atoms with Gasteiger partial charge in [-0.15, -0.1) is 0 Å². The Balaban J connectivity index is 1.44. The summed E-state index contributed by atoms with van der Waals surface area (Å²) >= 11 is 0. The van der Waals surface area contributed by atoms with Crippen molar-refractivity contribution in [2.24, 2.45) is 0 Å². The molecule has 3 aromatic heterocycles. The van der Waals surface area contributed by atoms with E-state index in [4.69, 9.17) is 14.2 Å². The molecule has 3 aromatic rings. The molecule has 33 heavy (non-hydrogen) atoms. The number of pyridine rings is 3. The van der Waals surface area contributed by atoms with Gasteiger partial charge >= 0.3 is 0 Å². The number of aliphatic hydroxyl groups is 4. The summed E-state index contributed by atoms with van der Waals surface area (Å²) in [7, 11) is 0. The minimum Gasteiger partial charge on any atom is -0.491 e. The summed E-state index contributed by atoms with van der Waals surface area (Å²) in [5.74, 6) is 0.517. The number of aliphatic hydroxyl groups excluding tert-OH is 4. The molecule has 0 amide bonds. The van der Waals surface area contributed by atoms with Crippen molar-refractivity contribution in [2.45, 2.75) is 30.7 Å². The third-order valence-electron chi connectivity index (χ3n) is 5.14. The van der Waals surface area contributed by atoms with Gasteiger partial charge in [0.1, 0.15) is 36.8 Å². The maximum atomic E-state index is 10.1. The van der Waals surface area contributed by atoms with Crippen LogP contribution in [0.2, 0.25) is 0 Å². The van der Waals surface area contributed by atoms with Crippen LogP contribution in [0.3, 0.4) is 0 Å². The van der Waals surface area contributed by atoms with Crippen molar-refractivity contribution < 1.29 is 34.6 Å². The van der Waals surface area contributed by atoms with Gasteiger partial charge in [0.2, 0.25) is 0 Å². The van der Waals surface area contributed by atoms with Crippen molar-refractivity contribution in [1.82, 2.24) is 15.0 Å². The van der Waals surface area contributed by atoms with Crippen LogP contribution in [0.1, 0.15) is 0 Å². The molecule has 10 nitrogen and oxygen atoms in total. The van der Waals surface area contributed by atoms with Gasteiger partial charge in [-0.3, -0.25) is 9.97 Å². The van der Waals surface area contributed by atoms with E-state index < -0.39 is 37.3 Å². The normalized spacial score (nSPS) is 25.0. The molecule has 1 fully saturated rings. The van der Waals surface area contributed by atoms with Crippen molar-refractivity contribution in [3.63, 3.8) is 0 Å². The highest BCUT2D eigenvalue weighted by Crippen LogP contribution is 2.27. The van der Waals surface area contributed by atoms with E-state index in [1.807, 2.05) is 36.4 Å². The monoisotopic (exact) mass is 455 g/mol. The smallest absolute Gasteiger partial charge is 0.186 e. The third-order valence-corrected chi connectivity index (χ3v) is 5.14. The molecule has 1 aliphatic heterocycles. The summed E-state index contributed by atoms with van der Waals surface area (Å²) in [6, 6.07) is 14.6. The van der Waals surface area contributed by atoms with Crippen LogP contribution < -0.4 is 4.74 Å². The van der Waals surface area contributed by atoms with Crippen LogP contribution in [0.25, 0.3) is 22.8 Å². The van der Waals surface area contributed by atoms with Gasteiger partial charge in [-0.25, -0.2) is 4.98 Å². The number of rotatable bonds is 8. The third kappa shape index (κ3) is 5.50. The van der Waals surface area contributed by atoms with E-state index in [9.17, 15) is 20.4 Å². The van der Waals surface area contributed by atoms with Crippen LogP contribution in [0.15, 0.2) is 60.9 Å². The summed E-state index contributed by atoms with van der Waals surface area (Å²) in [4.78, 5) is 13.3. The first-order valence-corrected chi connectivity index (χ1v) is 10.5. The van der Waals surface area contributed by atoms with Gasteiger partial charge in [0.15, 0.2) is 6.29 Å². The summed E-state index contributed by atoms with van der Waals surface area (Å²) in [5.41, 5.74) is 2.59. The molecule has 0 radical (unpaired) electrons. The fourth-order valence-electron chi connectivity index (χ4n) is 3.41. The summed E-state index contributed by atoms with van der Waals surface area (Å²) in [5, 5.41) is 39.0. The minimum absolute atomic E-state index is 0.0167. The molecule has 1 aliphatic rings. The highest BCUT2D eigenvalue weighted by atomic mass is 16.7. The Morgan fingerprint density at radius 2 is 1.42 bits per heavy atom. The number of ether oxygens (including phenoxy) is 3. The van der Waals surface area contributed by atoms with Gasteiger partial charge in [0.05, 0.1) is 36.0 Å². The molecule has 10 heteroatoms. The van der Waals surface area contributed by atoms with Crippen molar-refractivity contribution in [2.75, 3.05) is 19.8 Å². The number of aromatic nitrogens is 3. The van der Waals surface area contributed by atoms with Crippen LogP contribution in [0, 0.1) is 0 Å². The molecular formula is C23H25N3O7. The molecule has 174 valence electrons. The summed E-state index contributed by atoms with van der Waals surface area (Å²) in [6.07, 6.45) is -3.28. The molecule has 4 rings (SSSR count). The van der Waals surface area contributed by atoms with Gasteiger partial charge in [-0.05, 0) is 24.3 Å². The standard InChI is InChI=1S/C23H25N3O7/c27-13-19-20(28)21(29)22(30)23(33-19)32-10-9-31-14-11-17(15-5-1-3-7-24-15)26-18(12-14)16-6-2-4-8-25-16/h1-8,11-12,19-23,27-30H,9-10,13H2/t19-,20-,21+,22-,23-/m0/s1. The highest BCUT2D eigenvalue weighted by molar-refractivity contribution is 5.64. The quantitative estimate of drug-likeness (QED) is 0.352. The molecule has 4 heterocycles. The van der Waals surface area contributed by atoms with Gasteiger partial charge in [-0.2, -0.15) is 0 Å². The zero-order valence-corrected chi connectivity index (χ0v) is 17.6. The lowest BCUT2D eigenvalue weighted by Crippen LogP contribution is -2.59. The molecular weight excluding hydrogens is 430 g/mol. The van der Waals surface area contributed by atoms with Crippen molar-refractivity contribution in [3.05, 3.63) is 60.9 Å². The minimum atomic E-state index is -1.50. The molecule has 0 aliphatic carbocycles. The lowest BCUT2D eigenvalue weighted by Gasteiger charge is -2.39. The number of hydrogen-bond acceptors (Lipinski definition) is 10. The van der Waals surface area contributed by atoms with E-state index in [1.54, 1.807) is 24.5 Å². The lowest BCUT2D eigenvalue weighted by atomic mass is 9.99. The van der Waals surface area contributed by atoms with E-state index in [0.29, 0.717) is 28.5 Å². The van der Waals surface area contributed by atoms with Crippen LogP contribution >= 0.6 is 0 Å². The predicted octanol–water partition coefficient (Wildman–Crippen LogP) is 0.401. The van der Waals surface area contributed by atoms with Crippen molar-refractivity contribution >= 4 is 0 Å². The Kier molecular flexibility index (Phi) is 7.55. The van der Waals surface area contributed by atoms with Crippen LogP contribution in [-0.2, 0) is 9.47 Å². The predicted molar refractivity (Wildman–Crippen MR) is 116 cm³/mol. The Hall–Kier alpha value is -2.99. The molecule has 5 atom stereocenters. The van der Waals surface area contributed by atoms with E-state index in [2.05, 4.69) is 15.0 Å². The fourth-order valence-corrected chi connectivity index (χ4v) is 3.41. The van der Waals surface area contributed by atoms with Crippen molar-refractivity contribution in [1.29, 1.82) is 0 Å². The van der Waals surface area contributed by atoms with E-state index >= 15 is 0 Å². The first-order chi connectivity index (χ1) is 16.1. The lowest BCUT2D eigenvalue weighted by molar-refractivity contribution is -0.301. The maximum Gasteiger partial charge on any atom is 0.186 e. The van der Waals surface area contributed by atoms with E-state index in [1.165, 1.54) is 0 Å². The largest absolute Gasteiger partial charge is 0.491 e. The zero-order valence-electron chi connectivity index (χ0n) is 17.6. The van der Waals surface area contributed by atoms with Crippen molar-refractivity contribution in [3.8, 4) is 28.5 Å². The first-order valence-electron chi connectivity index (χ1n) is 10.5. The van der Waals surface area contributed by atoms with Crippen LogP contribution in [0.4, 0.5) is 0 Å². The summed E-state index contributed by atoms with van der Waals surface area (Å²) in [6.45, 7) is -0.407. The number of hydrogen-bond donors (Lipinski definition) is 4. The SMILES string of the molecule is OC[C@@H]1O[C@H](OCCOc2cc(-c3ccccn3)nc(-c3ccccn3)c2)[C@@H](O)[C@H](O)[C@H]1O. The highest BCUT2D eigenvalue weighted by Gasteiger charge is 2.43.